The maximum absolute atomic E-state index is 12.7. The second-order valence-electron chi connectivity index (χ2n) is 7.06. The van der Waals surface area contributed by atoms with Gasteiger partial charge < -0.3 is 19.7 Å². The predicted octanol–water partition coefficient (Wildman–Crippen LogP) is 2.24. The van der Waals surface area contributed by atoms with Gasteiger partial charge in [0.25, 0.3) is 5.91 Å². The average Bonchev–Trinajstić information content (AvgIpc) is 3.06. The van der Waals surface area contributed by atoms with Crippen molar-refractivity contribution in [3.05, 3.63) is 46.9 Å². The van der Waals surface area contributed by atoms with Gasteiger partial charge in [0.1, 0.15) is 5.69 Å². The number of nitrogens with zero attached hydrogens (tertiary/aromatic N) is 3. The van der Waals surface area contributed by atoms with Crippen molar-refractivity contribution in [2.45, 2.75) is 25.8 Å². The summed E-state index contributed by atoms with van der Waals surface area (Å²) in [6.07, 6.45) is 10.1. The number of piperazine rings is 1. The lowest BCUT2D eigenvalue weighted by Gasteiger charge is -2.32. The van der Waals surface area contributed by atoms with Crippen LogP contribution in [-0.4, -0.2) is 65.4 Å². The predicted molar refractivity (Wildman–Crippen MR) is 96.9 cm³/mol. The number of aromatic amines is 1. The molecule has 0 spiro atoms. The number of hydrogen-bond donors (Lipinski definition) is 1. The number of nitrogens with one attached hydrogen (secondary N) is 1. The SMILES string of the molecule is CN1CCN(C(=O)c2cc3c([nH]2)CCN(C2=CCCC=C2)C3)CC1.[HH]. The van der Waals surface area contributed by atoms with Gasteiger partial charge >= 0.3 is 0 Å². The first-order valence-electron chi connectivity index (χ1n) is 9.01. The summed E-state index contributed by atoms with van der Waals surface area (Å²) >= 11 is 0. The maximum Gasteiger partial charge on any atom is 0.270 e. The van der Waals surface area contributed by atoms with Crippen LogP contribution in [0.1, 0.15) is 36.0 Å². The van der Waals surface area contributed by atoms with E-state index < -0.39 is 0 Å². The van der Waals surface area contributed by atoms with Crippen molar-refractivity contribution in [2.24, 2.45) is 0 Å². The highest BCUT2D eigenvalue weighted by Crippen LogP contribution is 2.25. The van der Waals surface area contributed by atoms with Gasteiger partial charge in [0.2, 0.25) is 0 Å². The molecule has 1 aliphatic carbocycles. The summed E-state index contributed by atoms with van der Waals surface area (Å²) in [4.78, 5) is 22.8. The normalized spacial score (nSPS) is 21.6. The molecule has 5 heteroatoms. The van der Waals surface area contributed by atoms with Gasteiger partial charge in [0, 0.05) is 58.5 Å². The van der Waals surface area contributed by atoms with E-state index in [-0.39, 0.29) is 7.33 Å². The van der Waals surface area contributed by atoms with Crippen molar-refractivity contribution < 1.29 is 6.22 Å². The Morgan fingerprint density at radius 2 is 2.00 bits per heavy atom. The molecule has 0 unspecified atom stereocenters. The van der Waals surface area contributed by atoms with Crippen molar-refractivity contribution >= 4 is 5.91 Å². The number of hydrogen-bond acceptors (Lipinski definition) is 3. The van der Waals surface area contributed by atoms with E-state index >= 15 is 0 Å². The summed E-state index contributed by atoms with van der Waals surface area (Å²) in [5.41, 5.74) is 4.61. The molecule has 1 aromatic rings. The van der Waals surface area contributed by atoms with Crippen molar-refractivity contribution in [3.63, 3.8) is 0 Å². The minimum atomic E-state index is 0. The molecule has 1 fully saturated rings. The number of amides is 1. The van der Waals surface area contributed by atoms with E-state index in [1.54, 1.807) is 0 Å². The molecule has 2 aliphatic heterocycles. The largest absolute Gasteiger partial charge is 0.367 e. The fourth-order valence-electron chi connectivity index (χ4n) is 3.79. The summed E-state index contributed by atoms with van der Waals surface area (Å²) in [7, 11) is 2.11. The molecule has 0 bridgehead atoms. The summed E-state index contributed by atoms with van der Waals surface area (Å²) < 4.78 is 0. The number of H-pyrrole nitrogens is 1. The van der Waals surface area contributed by atoms with Crippen LogP contribution >= 0.6 is 0 Å². The molecule has 0 saturated carbocycles. The number of likely N-dealkylation sites (N-methyl/N-ethyl adjacent to an activating group) is 1. The van der Waals surface area contributed by atoms with Crippen LogP contribution in [0.3, 0.4) is 0 Å². The molecule has 0 radical (unpaired) electrons. The van der Waals surface area contributed by atoms with Crippen LogP contribution in [0.25, 0.3) is 0 Å². The van der Waals surface area contributed by atoms with Crippen LogP contribution in [-0.2, 0) is 13.0 Å². The third kappa shape index (κ3) is 3.00. The van der Waals surface area contributed by atoms with Crippen LogP contribution in [0.5, 0.6) is 0 Å². The van der Waals surface area contributed by atoms with E-state index in [2.05, 4.69) is 46.1 Å². The van der Waals surface area contributed by atoms with Gasteiger partial charge in [-0.15, -0.1) is 0 Å². The zero-order valence-corrected chi connectivity index (χ0v) is 14.4. The lowest BCUT2D eigenvalue weighted by molar-refractivity contribution is 0.0658. The van der Waals surface area contributed by atoms with E-state index in [1.807, 2.05) is 4.90 Å². The first-order valence-corrected chi connectivity index (χ1v) is 9.01. The number of carbonyl (C=O) groups excluding carboxylic acids is 1. The molecule has 1 saturated heterocycles. The summed E-state index contributed by atoms with van der Waals surface area (Å²) in [6.45, 7) is 5.48. The highest BCUT2D eigenvalue weighted by molar-refractivity contribution is 5.93. The Morgan fingerprint density at radius 3 is 2.75 bits per heavy atom. The van der Waals surface area contributed by atoms with Gasteiger partial charge in [-0.1, -0.05) is 12.2 Å². The van der Waals surface area contributed by atoms with Gasteiger partial charge in [-0.3, -0.25) is 4.79 Å². The molecule has 24 heavy (non-hydrogen) atoms. The summed E-state index contributed by atoms with van der Waals surface area (Å²) in [5.74, 6) is 0.154. The second-order valence-corrected chi connectivity index (χ2v) is 7.06. The Hall–Kier alpha value is -2.01. The van der Waals surface area contributed by atoms with Crippen LogP contribution in [0.2, 0.25) is 0 Å². The quantitative estimate of drug-likeness (QED) is 0.905. The third-order valence-electron chi connectivity index (χ3n) is 5.35. The Labute approximate surface area is 145 Å². The van der Waals surface area contributed by atoms with E-state index in [9.17, 15) is 4.79 Å². The zero-order chi connectivity index (χ0) is 16.5. The summed E-state index contributed by atoms with van der Waals surface area (Å²) in [5, 5.41) is 0. The zero-order valence-electron chi connectivity index (χ0n) is 14.4. The smallest absolute Gasteiger partial charge is 0.270 e. The maximum atomic E-state index is 12.7. The van der Waals surface area contributed by atoms with E-state index in [1.165, 1.54) is 17.0 Å². The molecule has 5 nitrogen and oxygen atoms in total. The molecule has 0 aromatic carbocycles. The van der Waals surface area contributed by atoms with Crippen LogP contribution in [0, 0.1) is 0 Å². The second kappa shape index (κ2) is 6.48. The molecule has 0 atom stereocenters. The van der Waals surface area contributed by atoms with Gasteiger partial charge in [-0.25, -0.2) is 0 Å². The molecule has 1 aromatic heterocycles. The lowest BCUT2D eigenvalue weighted by Crippen LogP contribution is -2.47. The van der Waals surface area contributed by atoms with Crippen molar-refractivity contribution in [3.8, 4) is 0 Å². The highest BCUT2D eigenvalue weighted by atomic mass is 16.2. The molecule has 3 aliphatic rings. The van der Waals surface area contributed by atoms with Gasteiger partial charge in [-0.05, 0) is 37.6 Å². The van der Waals surface area contributed by atoms with Gasteiger partial charge in [-0.2, -0.15) is 0 Å². The molecule has 1 amide bonds. The van der Waals surface area contributed by atoms with Crippen LogP contribution in [0.15, 0.2) is 30.0 Å². The van der Waals surface area contributed by atoms with E-state index in [0.717, 1.165) is 64.2 Å². The van der Waals surface area contributed by atoms with Gasteiger partial charge in [0.15, 0.2) is 0 Å². The summed E-state index contributed by atoms with van der Waals surface area (Å²) in [6, 6.07) is 2.08. The third-order valence-corrected chi connectivity index (χ3v) is 5.35. The van der Waals surface area contributed by atoms with E-state index in [0.29, 0.717) is 0 Å². The van der Waals surface area contributed by atoms with Crippen molar-refractivity contribution in [1.82, 2.24) is 19.7 Å². The van der Waals surface area contributed by atoms with Crippen LogP contribution in [0.4, 0.5) is 0 Å². The Morgan fingerprint density at radius 1 is 1.17 bits per heavy atom. The van der Waals surface area contributed by atoms with Crippen LogP contribution < -0.4 is 0 Å². The lowest BCUT2D eigenvalue weighted by atomic mass is 10.0. The number of rotatable bonds is 2. The first kappa shape index (κ1) is 15.5. The minimum absolute atomic E-state index is 0. The Kier molecular flexibility index (Phi) is 4.19. The Balaban J connectivity index is 0.00000182. The number of allylic oxidation sites excluding steroid dienone is 3. The van der Waals surface area contributed by atoms with Crippen molar-refractivity contribution in [2.75, 3.05) is 39.8 Å². The topological polar surface area (TPSA) is 42.6 Å². The number of aromatic nitrogens is 1. The number of carbonyl (C=O) groups is 1. The minimum Gasteiger partial charge on any atom is -0.367 e. The molecular weight excluding hydrogens is 300 g/mol. The highest BCUT2D eigenvalue weighted by Gasteiger charge is 2.25. The molecule has 3 heterocycles. The molecule has 130 valence electrons. The monoisotopic (exact) mass is 328 g/mol. The fourth-order valence-corrected chi connectivity index (χ4v) is 3.79. The van der Waals surface area contributed by atoms with Crippen molar-refractivity contribution in [1.29, 1.82) is 0 Å². The first-order chi connectivity index (χ1) is 11.7. The fraction of sp³-hybridized carbons (Fsp3) is 0.526. The standard InChI is InChI=1S/C19H26N4O.H2/c1-21-9-11-22(12-10-21)19(24)18-13-15-14-23(8-7-17(15)20-18)16-5-3-2-4-6-16;/h3,5-6,13,20H,2,4,7-12,14H2,1H3;1H. The Bertz CT molecular complexity index is 686. The number of fused-ring (bicyclic) bond motifs is 1. The molecule has 4 rings (SSSR count). The average molecular weight is 328 g/mol. The molecular formula is C19H28N4O. The van der Waals surface area contributed by atoms with E-state index in [4.69, 9.17) is 0 Å². The van der Waals surface area contributed by atoms with Gasteiger partial charge in [0.05, 0.1) is 0 Å². The molecule has 1 N–H and O–H groups in total.